The van der Waals surface area contributed by atoms with Crippen LogP contribution in [0.15, 0.2) is 21.0 Å². The van der Waals surface area contributed by atoms with Crippen molar-refractivity contribution in [2.75, 3.05) is 26.4 Å². The molecule has 2 saturated heterocycles. The third-order valence-electron chi connectivity index (χ3n) is 7.47. The van der Waals surface area contributed by atoms with Gasteiger partial charge in [0.2, 0.25) is 12.6 Å². The van der Waals surface area contributed by atoms with E-state index < -0.39 is 52.6 Å². The second-order valence-corrected chi connectivity index (χ2v) is 12.4. The first kappa shape index (κ1) is 30.2. The predicted molar refractivity (Wildman–Crippen MR) is 135 cm³/mol. The number of furan rings is 2. The lowest BCUT2D eigenvalue weighted by Crippen LogP contribution is -2.49. The zero-order valence-corrected chi connectivity index (χ0v) is 23.8. The van der Waals surface area contributed by atoms with Crippen LogP contribution in [0.5, 0.6) is 0 Å². The number of alkyl halides is 6. The highest BCUT2D eigenvalue weighted by atomic mass is 19.3. The molecule has 1 aliphatic carbocycles. The van der Waals surface area contributed by atoms with E-state index in [4.69, 9.17) is 27.8 Å². The fourth-order valence-corrected chi connectivity index (χ4v) is 5.23. The van der Waals surface area contributed by atoms with E-state index in [9.17, 15) is 0 Å². The summed E-state index contributed by atoms with van der Waals surface area (Å²) in [7, 11) is 0. The van der Waals surface area contributed by atoms with Crippen molar-refractivity contribution in [3.8, 4) is 0 Å². The van der Waals surface area contributed by atoms with Gasteiger partial charge in [-0.3, -0.25) is 0 Å². The zero-order valence-electron chi connectivity index (χ0n) is 23.8. The Kier molecular flexibility index (Phi) is 7.28. The van der Waals surface area contributed by atoms with Gasteiger partial charge in [0.1, 0.15) is 11.5 Å². The molecule has 0 N–H and O–H groups in total. The largest absolute Gasteiger partial charge is 0.460 e. The molecule has 0 saturated carbocycles. The van der Waals surface area contributed by atoms with Crippen LogP contribution >= 0.6 is 0 Å². The summed E-state index contributed by atoms with van der Waals surface area (Å²) in [6.45, 7) is 11.6. The fraction of sp³-hybridized carbons (Fsp3) is 0.655. The summed E-state index contributed by atoms with van der Waals surface area (Å²) in [5.41, 5.74) is -4.82. The Morgan fingerprint density at radius 2 is 0.927 bits per heavy atom. The molecule has 3 aliphatic rings. The predicted octanol–water partition coefficient (Wildman–Crippen LogP) is 7.97. The normalized spacial score (nSPS) is 25.7. The van der Waals surface area contributed by atoms with Crippen molar-refractivity contribution in [2.24, 2.45) is 10.8 Å². The van der Waals surface area contributed by atoms with Crippen LogP contribution in [0, 0.1) is 10.8 Å². The maximum absolute atomic E-state index is 15.6. The lowest BCUT2D eigenvalue weighted by atomic mass is 9.93. The Balaban J connectivity index is 1.66. The Hall–Kier alpha value is -2.28. The van der Waals surface area contributed by atoms with Crippen LogP contribution in [0.1, 0.15) is 88.3 Å². The van der Waals surface area contributed by atoms with Crippen LogP contribution in [0.3, 0.4) is 0 Å². The van der Waals surface area contributed by atoms with Gasteiger partial charge in [0.05, 0.1) is 26.4 Å². The van der Waals surface area contributed by atoms with E-state index in [1.54, 1.807) is 0 Å². The third kappa shape index (κ3) is 4.84. The number of aryl methyl sites for hydroxylation is 2. The van der Waals surface area contributed by atoms with Crippen molar-refractivity contribution >= 4 is 11.1 Å². The molecule has 2 fully saturated rings. The average molecular weight is 593 g/mol. The highest BCUT2D eigenvalue weighted by molar-refractivity contribution is 6.02. The molecule has 0 radical (unpaired) electrons. The van der Waals surface area contributed by atoms with Crippen LogP contribution in [0.25, 0.3) is 11.1 Å². The summed E-state index contributed by atoms with van der Waals surface area (Å²) in [5, 5.41) is 0. The number of rotatable bonds is 6. The van der Waals surface area contributed by atoms with E-state index in [0.717, 1.165) is 12.1 Å². The Bertz CT molecular complexity index is 1220. The van der Waals surface area contributed by atoms with Gasteiger partial charge in [0.25, 0.3) is 0 Å². The molecule has 0 amide bonds. The molecule has 2 aromatic rings. The van der Waals surface area contributed by atoms with Crippen molar-refractivity contribution < 1.29 is 54.1 Å². The van der Waals surface area contributed by atoms with Gasteiger partial charge in [0, 0.05) is 45.9 Å². The first-order valence-electron chi connectivity index (χ1n) is 13.6. The van der Waals surface area contributed by atoms with Gasteiger partial charge < -0.3 is 27.8 Å². The molecule has 2 aromatic heterocycles. The van der Waals surface area contributed by atoms with E-state index in [2.05, 4.69) is 0 Å². The number of ether oxygens (including phenoxy) is 4. The van der Waals surface area contributed by atoms with Crippen molar-refractivity contribution in [2.45, 2.75) is 84.7 Å². The van der Waals surface area contributed by atoms with E-state index >= 15 is 26.3 Å². The summed E-state index contributed by atoms with van der Waals surface area (Å²) in [6, 6.07) is 2.06. The lowest BCUT2D eigenvalue weighted by molar-refractivity contribution is -0.254. The van der Waals surface area contributed by atoms with Crippen LogP contribution in [0.4, 0.5) is 26.3 Å². The summed E-state index contributed by atoms with van der Waals surface area (Å²) < 4.78 is 126. The highest BCUT2D eigenvalue weighted by Gasteiger charge is 2.80. The molecule has 6 nitrogen and oxygen atoms in total. The quantitative estimate of drug-likeness (QED) is 0.317. The van der Waals surface area contributed by atoms with Crippen LogP contribution in [-0.4, -0.2) is 44.2 Å². The van der Waals surface area contributed by atoms with Crippen LogP contribution < -0.4 is 0 Å². The smallest absolute Gasteiger partial charge is 0.380 e. The van der Waals surface area contributed by atoms with Gasteiger partial charge in [0.15, 0.2) is 11.5 Å². The molecule has 0 aromatic carbocycles. The fourth-order valence-electron chi connectivity index (χ4n) is 5.23. The lowest BCUT2D eigenvalue weighted by Gasteiger charge is -2.33. The van der Waals surface area contributed by atoms with E-state index in [-0.39, 0.29) is 73.1 Å². The van der Waals surface area contributed by atoms with Crippen LogP contribution in [-0.2, 0) is 31.8 Å². The zero-order chi connectivity index (χ0) is 30.2. The maximum atomic E-state index is 15.6. The van der Waals surface area contributed by atoms with Crippen molar-refractivity contribution in [3.05, 3.63) is 46.3 Å². The molecular weight excluding hydrogens is 558 g/mol. The molecule has 0 bridgehead atoms. The van der Waals surface area contributed by atoms with Gasteiger partial charge in [-0.05, 0) is 12.1 Å². The minimum Gasteiger partial charge on any atom is -0.460 e. The molecule has 12 heteroatoms. The molecular formula is C29H34F6O6. The minimum absolute atomic E-state index is 0.0473. The SMILES string of the molecule is CCc1oc(C2OCC(C)(C)CO2)cc1C1=C(c2cc(C3OCC(C)(C)CO3)oc2CC)C(F)(F)C(F)(F)C1(F)F. The topological polar surface area (TPSA) is 63.2 Å². The third-order valence-corrected chi connectivity index (χ3v) is 7.47. The number of hydrogen-bond donors (Lipinski definition) is 0. The molecule has 228 valence electrons. The molecule has 0 unspecified atom stereocenters. The molecule has 5 rings (SSSR count). The summed E-state index contributed by atoms with van der Waals surface area (Å²) >= 11 is 0. The van der Waals surface area contributed by atoms with Crippen LogP contribution in [0.2, 0.25) is 0 Å². The first-order valence-corrected chi connectivity index (χ1v) is 13.6. The van der Waals surface area contributed by atoms with Gasteiger partial charge in [-0.25, -0.2) is 0 Å². The van der Waals surface area contributed by atoms with Crippen molar-refractivity contribution in [3.63, 3.8) is 0 Å². The van der Waals surface area contributed by atoms with E-state index in [0.29, 0.717) is 0 Å². The highest BCUT2D eigenvalue weighted by Crippen LogP contribution is 2.65. The molecule has 41 heavy (non-hydrogen) atoms. The van der Waals surface area contributed by atoms with E-state index in [1.165, 1.54) is 13.8 Å². The second-order valence-electron chi connectivity index (χ2n) is 12.4. The maximum Gasteiger partial charge on any atom is 0.380 e. The molecule has 4 heterocycles. The molecule has 2 aliphatic heterocycles. The first-order chi connectivity index (χ1) is 19.0. The summed E-state index contributed by atoms with van der Waals surface area (Å²) in [4.78, 5) is 0. The Morgan fingerprint density at radius 1 is 0.610 bits per heavy atom. The number of hydrogen-bond acceptors (Lipinski definition) is 6. The number of halogens is 6. The Morgan fingerprint density at radius 3 is 1.22 bits per heavy atom. The van der Waals surface area contributed by atoms with Gasteiger partial charge in [-0.1, -0.05) is 41.5 Å². The van der Waals surface area contributed by atoms with Gasteiger partial charge in [-0.2, -0.15) is 26.3 Å². The van der Waals surface area contributed by atoms with Gasteiger partial charge >= 0.3 is 17.8 Å². The number of allylic oxidation sites excluding steroid dienone is 2. The second kappa shape index (κ2) is 9.89. The molecule has 0 atom stereocenters. The monoisotopic (exact) mass is 592 g/mol. The summed E-state index contributed by atoms with van der Waals surface area (Å²) in [5.74, 6) is -16.8. The van der Waals surface area contributed by atoms with Crippen molar-refractivity contribution in [1.82, 2.24) is 0 Å². The average Bonchev–Trinajstić information content (AvgIpc) is 3.52. The van der Waals surface area contributed by atoms with E-state index in [1.807, 2.05) is 27.7 Å². The minimum atomic E-state index is -5.74. The summed E-state index contributed by atoms with van der Waals surface area (Å²) in [6.07, 6.45) is -2.32. The van der Waals surface area contributed by atoms with Gasteiger partial charge in [-0.15, -0.1) is 0 Å². The Labute approximate surface area is 233 Å². The van der Waals surface area contributed by atoms with Crippen molar-refractivity contribution in [1.29, 1.82) is 0 Å². The standard InChI is InChI=1S/C29H34F6O6/c1-7-17-15(9-19(40-17)23-36-11-25(3,4)12-37-23)21-22(28(32,33)29(34,35)27(21,30)31)16-10-20(41-18(16)8-2)24-38-13-26(5,6)14-39-24/h9-10,23-24H,7-8,11-14H2,1-6H3. The molecule has 0 spiro atoms.